The van der Waals surface area contributed by atoms with Crippen LogP contribution in [0.3, 0.4) is 0 Å². The second-order valence-electron chi connectivity index (χ2n) is 6.69. The summed E-state index contributed by atoms with van der Waals surface area (Å²) in [5, 5.41) is 2.92. The van der Waals surface area contributed by atoms with Crippen molar-refractivity contribution in [3.63, 3.8) is 0 Å². The summed E-state index contributed by atoms with van der Waals surface area (Å²) in [4.78, 5) is 16.4. The average molecular weight is 410 g/mol. The maximum Gasteiger partial charge on any atom is 0.238 e. The number of methoxy groups -OCH3 is 1. The van der Waals surface area contributed by atoms with Gasteiger partial charge in [-0.05, 0) is 35.9 Å². The van der Waals surface area contributed by atoms with Crippen LogP contribution in [0.25, 0.3) is 0 Å². The maximum absolute atomic E-state index is 13.8. The summed E-state index contributed by atoms with van der Waals surface area (Å²) in [5.74, 6) is -0.944. The molecular formula is C20H22ClF2N3O2. The van der Waals surface area contributed by atoms with Crippen molar-refractivity contribution in [2.24, 2.45) is 0 Å². The molecule has 3 rings (SSSR count). The van der Waals surface area contributed by atoms with E-state index in [1.807, 2.05) is 11.0 Å². The Morgan fingerprint density at radius 2 is 1.79 bits per heavy atom. The first kappa shape index (κ1) is 20.5. The fraction of sp³-hybridized carbons (Fsp3) is 0.350. The Labute approximate surface area is 167 Å². The molecule has 0 saturated carbocycles. The Bertz CT molecular complexity index is 842. The summed E-state index contributed by atoms with van der Waals surface area (Å²) in [7, 11) is 1.44. The predicted molar refractivity (Wildman–Crippen MR) is 105 cm³/mol. The van der Waals surface area contributed by atoms with Crippen molar-refractivity contribution in [2.75, 3.05) is 45.2 Å². The van der Waals surface area contributed by atoms with Crippen LogP contribution >= 0.6 is 11.6 Å². The summed E-state index contributed by atoms with van der Waals surface area (Å²) >= 11 is 5.84. The highest BCUT2D eigenvalue weighted by Gasteiger charge is 2.20. The lowest BCUT2D eigenvalue weighted by Crippen LogP contribution is -2.48. The number of piperazine rings is 1. The zero-order valence-corrected chi connectivity index (χ0v) is 16.3. The van der Waals surface area contributed by atoms with Crippen LogP contribution in [0.4, 0.5) is 14.5 Å². The molecule has 1 heterocycles. The first-order valence-electron chi connectivity index (χ1n) is 8.96. The van der Waals surface area contributed by atoms with Crippen molar-refractivity contribution in [2.45, 2.75) is 6.54 Å². The molecule has 1 aliphatic heterocycles. The molecule has 0 spiro atoms. The van der Waals surface area contributed by atoms with E-state index in [4.69, 9.17) is 16.3 Å². The van der Waals surface area contributed by atoms with E-state index in [1.165, 1.54) is 31.4 Å². The Kier molecular flexibility index (Phi) is 6.83. The van der Waals surface area contributed by atoms with Gasteiger partial charge in [0, 0.05) is 37.7 Å². The minimum Gasteiger partial charge on any atom is -0.494 e. The summed E-state index contributed by atoms with van der Waals surface area (Å²) < 4.78 is 32.5. The molecule has 0 aromatic heterocycles. The molecule has 2 aromatic rings. The summed E-state index contributed by atoms with van der Waals surface area (Å²) in [5.41, 5.74) is 0.957. The molecule has 0 unspecified atom stereocenters. The van der Waals surface area contributed by atoms with Crippen LogP contribution < -0.4 is 10.1 Å². The Morgan fingerprint density at radius 3 is 2.46 bits per heavy atom. The molecule has 0 aliphatic carbocycles. The number of nitrogens with zero attached hydrogens (tertiary/aromatic N) is 2. The lowest BCUT2D eigenvalue weighted by Gasteiger charge is -2.34. The van der Waals surface area contributed by atoms with E-state index in [0.717, 1.165) is 18.7 Å². The lowest BCUT2D eigenvalue weighted by molar-refractivity contribution is -0.117. The van der Waals surface area contributed by atoms with Gasteiger partial charge in [-0.25, -0.2) is 8.78 Å². The predicted octanol–water partition coefficient (Wildman–Crippen LogP) is 3.38. The highest BCUT2D eigenvalue weighted by molar-refractivity contribution is 6.30. The van der Waals surface area contributed by atoms with Gasteiger partial charge in [-0.1, -0.05) is 17.7 Å². The SMILES string of the molecule is COc1ccc(CN2CCN(CC(=O)Nc3cc(Cl)ccc3F)CC2)cc1F. The monoisotopic (exact) mass is 409 g/mol. The van der Waals surface area contributed by atoms with Gasteiger partial charge < -0.3 is 10.1 Å². The van der Waals surface area contributed by atoms with Gasteiger partial charge in [0.05, 0.1) is 19.3 Å². The molecule has 0 radical (unpaired) electrons. The molecular weight excluding hydrogens is 388 g/mol. The third kappa shape index (κ3) is 5.41. The first-order valence-corrected chi connectivity index (χ1v) is 9.34. The number of anilines is 1. The number of amides is 1. The van der Waals surface area contributed by atoms with Crippen LogP contribution in [0, 0.1) is 11.6 Å². The van der Waals surface area contributed by atoms with Gasteiger partial charge in [0.2, 0.25) is 5.91 Å². The number of hydrogen-bond acceptors (Lipinski definition) is 4. The van der Waals surface area contributed by atoms with Crippen LogP contribution in [0.2, 0.25) is 5.02 Å². The van der Waals surface area contributed by atoms with Crippen LogP contribution in [-0.4, -0.2) is 55.5 Å². The molecule has 8 heteroatoms. The summed E-state index contributed by atoms with van der Waals surface area (Å²) in [6, 6.07) is 9.00. The van der Waals surface area contributed by atoms with E-state index in [-0.39, 0.29) is 29.7 Å². The smallest absolute Gasteiger partial charge is 0.238 e. The second kappa shape index (κ2) is 9.32. The van der Waals surface area contributed by atoms with Crippen molar-refractivity contribution < 1.29 is 18.3 Å². The van der Waals surface area contributed by atoms with Crippen molar-refractivity contribution in [3.8, 4) is 5.75 Å². The largest absolute Gasteiger partial charge is 0.494 e. The van der Waals surface area contributed by atoms with Gasteiger partial charge >= 0.3 is 0 Å². The topological polar surface area (TPSA) is 44.8 Å². The normalized spacial score (nSPS) is 15.4. The maximum atomic E-state index is 13.8. The zero-order valence-electron chi connectivity index (χ0n) is 15.6. The number of benzene rings is 2. The number of carbonyl (C=O) groups excluding carboxylic acids is 1. The van der Waals surface area contributed by atoms with Crippen molar-refractivity contribution in [1.29, 1.82) is 0 Å². The van der Waals surface area contributed by atoms with Crippen molar-refractivity contribution in [3.05, 3.63) is 58.6 Å². The minimum atomic E-state index is -0.519. The number of ether oxygens (including phenoxy) is 1. The third-order valence-corrected chi connectivity index (χ3v) is 4.89. The van der Waals surface area contributed by atoms with E-state index in [0.29, 0.717) is 24.7 Å². The van der Waals surface area contributed by atoms with E-state index in [9.17, 15) is 13.6 Å². The Hall–Kier alpha value is -2.22. The number of halogens is 3. The number of carbonyl (C=O) groups is 1. The van der Waals surface area contributed by atoms with Gasteiger partial charge in [0.1, 0.15) is 5.82 Å². The highest BCUT2D eigenvalue weighted by atomic mass is 35.5. The van der Waals surface area contributed by atoms with Gasteiger partial charge in [0.15, 0.2) is 11.6 Å². The number of hydrogen-bond donors (Lipinski definition) is 1. The molecule has 1 saturated heterocycles. The molecule has 1 N–H and O–H groups in total. The van der Waals surface area contributed by atoms with Crippen LogP contribution in [0.5, 0.6) is 5.75 Å². The van der Waals surface area contributed by atoms with Crippen molar-refractivity contribution in [1.82, 2.24) is 9.80 Å². The van der Waals surface area contributed by atoms with Crippen LogP contribution in [-0.2, 0) is 11.3 Å². The van der Waals surface area contributed by atoms with E-state index in [1.54, 1.807) is 6.07 Å². The molecule has 1 amide bonds. The molecule has 150 valence electrons. The Morgan fingerprint density at radius 1 is 1.07 bits per heavy atom. The number of nitrogens with one attached hydrogen (secondary N) is 1. The fourth-order valence-electron chi connectivity index (χ4n) is 3.16. The molecule has 0 atom stereocenters. The van der Waals surface area contributed by atoms with Gasteiger partial charge in [-0.3, -0.25) is 14.6 Å². The molecule has 1 aliphatic rings. The third-order valence-electron chi connectivity index (χ3n) is 4.66. The summed E-state index contributed by atoms with van der Waals surface area (Å²) in [6.07, 6.45) is 0. The second-order valence-corrected chi connectivity index (χ2v) is 7.13. The lowest BCUT2D eigenvalue weighted by atomic mass is 10.2. The zero-order chi connectivity index (χ0) is 20.1. The molecule has 0 bridgehead atoms. The molecule has 2 aromatic carbocycles. The van der Waals surface area contributed by atoms with Gasteiger partial charge in [0.25, 0.3) is 0 Å². The van der Waals surface area contributed by atoms with Gasteiger partial charge in [-0.15, -0.1) is 0 Å². The number of rotatable bonds is 6. The highest BCUT2D eigenvalue weighted by Crippen LogP contribution is 2.20. The van der Waals surface area contributed by atoms with E-state index < -0.39 is 5.82 Å². The molecule has 28 heavy (non-hydrogen) atoms. The standard InChI is InChI=1S/C20H22ClF2N3O2/c1-28-19-5-2-14(10-17(19)23)12-25-6-8-26(9-7-25)13-20(27)24-18-11-15(21)3-4-16(18)22/h2-5,10-11H,6-9,12-13H2,1H3,(H,24,27). The van der Waals surface area contributed by atoms with Crippen LogP contribution in [0.1, 0.15) is 5.56 Å². The quantitative estimate of drug-likeness (QED) is 0.794. The van der Waals surface area contributed by atoms with E-state index in [2.05, 4.69) is 10.2 Å². The molecule has 5 nitrogen and oxygen atoms in total. The van der Waals surface area contributed by atoms with Crippen LogP contribution in [0.15, 0.2) is 36.4 Å². The fourth-order valence-corrected chi connectivity index (χ4v) is 3.33. The van der Waals surface area contributed by atoms with E-state index >= 15 is 0 Å². The summed E-state index contributed by atoms with van der Waals surface area (Å²) in [6.45, 7) is 3.72. The van der Waals surface area contributed by atoms with Crippen molar-refractivity contribution >= 4 is 23.2 Å². The first-order chi connectivity index (χ1) is 13.4. The minimum absolute atomic E-state index is 0.0812. The average Bonchev–Trinajstić information content (AvgIpc) is 2.66. The van der Waals surface area contributed by atoms with Gasteiger partial charge in [-0.2, -0.15) is 0 Å². The molecule has 1 fully saturated rings. The Balaban J connectivity index is 1.46.